The third-order valence-corrected chi connectivity index (χ3v) is 3.12. The van der Waals surface area contributed by atoms with Gasteiger partial charge in [-0.25, -0.2) is 9.97 Å². The Labute approximate surface area is 101 Å². The molecule has 0 aliphatic carbocycles. The van der Waals surface area contributed by atoms with Crippen LogP contribution < -0.4 is 10.2 Å². The van der Waals surface area contributed by atoms with Crippen molar-refractivity contribution in [1.29, 1.82) is 0 Å². The van der Waals surface area contributed by atoms with E-state index in [-0.39, 0.29) is 0 Å². The van der Waals surface area contributed by atoms with Gasteiger partial charge in [0.15, 0.2) is 0 Å². The summed E-state index contributed by atoms with van der Waals surface area (Å²) in [4.78, 5) is 10.2. The molecule has 1 aromatic rings. The molecule has 0 saturated carbocycles. The SMILES string of the molecule is CN(C[C@H]1CCCCN1)c1cc(Cl)ncn1. The van der Waals surface area contributed by atoms with Crippen LogP contribution in [0.15, 0.2) is 12.4 Å². The van der Waals surface area contributed by atoms with Crippen LogP contribution in [0.4, 0.5) is 5.82 Å². The number of anilines is 1. The first-order chi connectivity index (χ1) is 7.75. The van der Waals surface area contributed by atoms with Crippen LogP contribution in [0.1, 0.15) is 19.3 Å². The van der Waals surface area contributed by atoms with Crippen molar-refractivity contribution in [2.24, 2.45) is 0 Å². The number of nitrogens with zero attached hydrogens (tertiary/aromatic N) is 3. The fourth-order valence-electron chi connectivity index (χ4n) is 2.04. The maximum Gasteiger partial charge on any atom is 0.134 e. The summed E-state index contributed by atoms with van der Waals surface area (Å²) < 4.78 is 0. The lowest BCUT2D eigenvalue weighted by Gasteiger charge is -2.28. The van der Waals surface area contributed by atoms with Gasteiger partial charge in [-0.05, 0) is 19.4 Å². The van der Waals surface area contributed by atoms with Crippen LogP contribution in [0.2, 0.25) is 5.15 Å². The van der Waals surface area contributed by atoms with E-state index in [9.17, 15) is 0 Å². The first kappa shape index (κ1) is 11.6. The average molecular weight is 241 g/mol. The van der Waals surface area contributed by atoms with Crippen LogP contribution >= 0.6 is 11.6 Å². The second-order valence-corrected chi connectivity index (χ2v) is 4.61. The molecule has 4 nitrogen and oxygen atoms in total. The quantitative estimate of drug-likeness (QED) is 0.817. The first-order valence-corrected chi connectivity index (χ1v) is 6.05. The van der Waals surface area contributed by atoms with E-state index < -0.39 is 0 Å². The molecule has 16 heavy (non-hydrogen) atoms. The highest BCUT2D eigenvalue weighted by Gasteiger charge is 2.15. The molecule has 0 aromatic carbocycles. The predicted octanol–water partition coefficient (Wildman–Crippen LogP) is 1.71. The Bertz CT molecular complexity index is 339. The number of likely N-dealkylation sites (N-methyl/N-ethyl adjacent to an activating group) is 1. The Kier molecular flexibility index (Phi) is 3.96. The zero-order valence-electron chi connectivity index (χ0n) is 9.49. The summed E-state index contributed by atoms with van der Waals surface area (Å²) in [6.45, 7) is 2.09. The minimum absolute atomic E-state index is 0.494. The average Bonchev–Trinajstić information content (AvgIpc) is 2.30. The van der Waals surface area contributed by atoms with Crippen molar-refractivity contribution < 1.29 is 0 Å². The molecule has 1 aromatic heterocycles. The highest BCUT2D eigenvalue weighted by Crippen LogP contribution is 2.15. The van der Waals surface area contributed by atoms with Crippen LogP contribution in [-0.2, 0) is 0 Å². The maximum atomic E-state index is 5.84. The Hall–Kier alpha value is -0.870. The molecule has 1 aliphatic heterocycles. The molecular weight excluding hydrogens is 224 g/mol. The largest absolute Gasteiger partial charge is 0.358 e. The fourth-order valence-corrected chi connectivity index (χ4v) is 2.18. The van der Waals surface area contributed by atoms with Gasteiger partial charge in [0.2, 0.25) is 0 Å². The molecule has 88 valence electrons. The van der Waals surface area contributed by atoms with Crippen molar-refractivity contribution in [3.8, 4) is 0 Å². The first-order valence-electron chi connectivity index (χ1n) is 5.68. The van der Waals surface area contributed by atoms with E-state index in [0.717, 1.165) is 18.9 Å². The monoisotopic (exact) mass is 240 g/mol. The number of halogens is 1. The van der Waals surface area contributed by atoms with Crippen LogP contribution in [0.3, 0.4) is 0 Å². The van der Waals surface area contributed by atoms with Crippen molar-refractivity contribution in [3.05, 3.63) is 17.5 Å². The Morgan fingerprint density at radius 2 is 2.38 bits per heavy atom. The molecule has 1 atom stereocenters. The molecule has 1 saturated heterocycles. The van der Waals surface area contributed by atoms with Crippen molar-refractivity contribution in [2.45, 2.75) is 25.3 Å². The van der Waals surface area contributed by atoms with Gasteiger partial charge in [-0.2, -0.15) is 0 Å². The maximum absolute atomic E-state index is 5.84. The second kappa shape index (κ2) is 5.46. The summed E-state index contributed by atoms with van der Waals surface area (Å²) in [5.74, 6) is 0.882. The second-order valence-electron chi connectivity index (χ2n) is 4.23. The summed E-state index contributed by atoms with van der Waals surface area (Å²) in [6.07, 6.45) is 5.35. The normalized spacial score (nSPS) is 20.8. The molecule has 5 heteroatoms. The fraction of sp³-hybridized carbons (Fsp3) is 0.636. The van der Waals surface area contributed by atoms with E-state index >= 15 is 0 Å². The molecule has 0 amide bonds. The van der Waals surface area contributed by atoms with E-state index in [1.807, 2.05) is 7.05 Å². The van der Waals surface area contributed by atoms with Crippen LogP contribution in [0.25, 0.3) is 0 Å². The molecule has 1 N–H and O–H groups in total. The predicted molar refractivity (Wildman–Crippen MR) is 66.0 cm³/mol. The summed E-state index contributed by atoms with van der Waals surface area (Å²) in [6, 6.07) is 2.36. The molecule has 0 unspecified atom stereocenters. The summed E-state index contributed by atoms with van der Waals surface area (Å²) in [5.41, 5.74) is 0. The van der Waals surface area contributed by atoms with E-state index in [2.05, 4.69) is 20.2 Å². The third-order valence-electron chi connectivity index (χ3n) is 2.92. The number of hydrogen-bond acceptors (Lipinski definition) is 4. The van der Waals surface area contributed by atoms with Gasteiger partial charge in [0, 0.05) is 25.7 Å². The Morgan fingerprint density at radius 1 is 1.50 bits per heavy atom. The number of piperidine rings is 1. The Morgan fingerprint density at radius 3 is 3.06 bits per heavy atom. The lowest BCUT2D eigenvalue weighted by Crippen LogP contribution is -2.42. The van der Waals surface area contributed by atoms with Gasteiger partial charge < -0.3 is 10.2 Å². The lowest BCUT2D eigenvalue weighted by molar-refractivity contribution is 0.403. The summed E-state index contributed by atoms with van der Waals surface area (Å²) in [5, 5.41) is 4.01. The van der Waals surface area contributed by atoms with E-state index in [0.29, 0.717) is 11.2 Å². The van der Waals surface area contributed by atoms with Crippen molar-refractivity contribution in [3.63, 3.8) is 0 Å². The zero-order chi connectivity index (χ0) is 11.4. The highest BCUT2D eigenvalue weighted by atomic mass is 35.5. The minimum atomic E-state index is 0.494. The summed E-state index contributed by atoms with van der Waals surface area (Å²) in [7, 11) is 2.04. The number of rotatable bonds is 3. The molecular formula is C11H17ClN4. The van der Waals surface area contributed by atoms with Crippen LogP contribution in [0, 0.1) is 0 Å². The van der Waals surface area contributed by atoms with Gasteiger partial charge in [0.1, 0.15) is 17.3 Å². The molecule has 1 fully saturated rings. The van der Waals surface area contributed by atoms with Gasteiger partial charge >= 0.3 is 0 Å². The lowest BCUT2D eigenvalue weighted by atomic mass is 10.0. The van der Waals surface area contributed by atoms with Crippen LogP contribution in [0.5, 0.6) is 0 Å². The van der Waals surface area contributed by atoms with Gasteiger partial charge in [0.25, 0.3) is 0 Å². The Balaban J connectivity index is 1.94. The molecule has 2 heterocycles. The zero-order valence-corrected chi connectivity index (χ0v) is 10.2. The van der Waals surface area contributed by atoms with Gasteiger partial charge in [-0.1, -0.05) is 18.0 Å². The highest BCUT2D eigenvalue weighted by molar-refractivity contribution is 6.29. The van der Waals surface area contributed by atoms with Crippen LogP contribution in [-0.4, -0.2) is 36.1 Å². The number of hydrogen-bond donors (Lipinski definition) is 1. The minimum Gasteiger partial charge on any atom is -0.358 e. The molecule has 0 radical (unpaired) electrons. The smallest absolute Gasteiger partial charge is 0.134 e. The van der Waals surface area contributed by atoms with Crippen molar-refractivity contribution in [2.75, 3.05) is 25.0 Å². The number of aromatic nitrogens is 2. The topological polar surface area (TPSA) is 41.0 Å². The van der Waals surface area contributed by atoms with Gasteiger partial charge in [0.05, 0.1) is 0 Å². The molecule has 1 aliphatic rings. The van der Waals surface area contributed by atoms with E-state index in [1.54, 1.807) is 6.07 Å². The van der Waals surface area contributed by atoms with Crippen molar-refractivity contribution >= 4 is 17.4 Å². The van der Waals surface area contributed by atoms with Gasteiger partial charge in [-0.3, -0.25) is 0 Å². The third kappa shape index (κ3) is 3.06. The van der Waals surface area contributed by atoms with E-state index in [4.69, 9.17) is 11.6 Å². The molecule has 2 rings (SSSR count). The molecule has 0 spiro atoms. The van der Waals surface area contributed by atoms with Gasteiger partial charge in [-0.15, -0.1) is 0 Å². The van der Waals surface area contributed by atoms with Crippen molar-refractivity contribution in [1.82, 2.24) is 15.3 Å². The molecule has 0 bridgehead atoms. The number of nitrogens with one attached hydrogen (secondary N) is 1. The standard InChI is InChI=1S/C11H17ClN4/c1-16(7-9-4-2-3-5-13-9)11-6-10(12)14-8-15-11/h6,8-9,13H,2-5,7H2,1H3/t9-/m1/s1. The summed E-state index contributed by atoms with van der Waals surface area (Å²) >= 11 is 5.84. The van der Waals surface area contributed by atoms with E-state index in [1.165, 1.54) is 25.6 Å².